The van der Waals surface area contributed by atoms with Crippen LogP contribution in [0.2, 0.25) is 0 Å². The van der Waals surface area contributed by atoms with Crippen LogP contribution in [0, 0.1) is 12.7 Å². The van der Waals surface area contributed by atoms with Crippen molar-refractivity contribution >= 4 is 28.2 Å². The summed E-state index contributed by atoms with van der Waals surface area (Å²) in [5.74, 6) is -1.62. The zero-order chi connectivity index (χ0) is 30.3. The molecule has 0 aliphatic rings. The molecule has 0 unspecified atom stereocenters. The van der Waals surface area contributed by atoms with E-state index in [4.69, 9.17) is 5.11 Å². The van der Waals surface area contributed by atoms with Crippen molar-refractivity contribution < 1.29 is 19.4 Å². The van der Waals surface area contributed by atoms with Gasteiger partial charge in [0.25, 0.3) is 11.1 Å². The van der Waals surface area contributed by atoms with Crippen molar-refractivity contribution in [3.63, 3.8) is 0 Å². The molecule has 0 saturated carbocycles. The van der Waals surface area contributed by atoms with E-state index in [-0.39, 0.29) is 39.4 Å². The van der Waals surface area contributed by atoms with Crippen molar-refractivity contribution in [1.29, 1.82) is 0 Å². The van der Waals surface area contributed by atoms with Crippen LogP contribution in [0.25, 0.3) is 27.7 Å². The van der Waals surface area contributed by atoms with Crippen molar-refractivity contribution in [1.82, 2.24) is 24.5 Å². The molecular formula is C30H26FN6O5+. The van der Waals surface area contributed by atoms with Crippen LogP contribution in [0.4, 0.5) is 15.9 Å². The largest absolute Gasteiger partial charge is 0.478 e. The van der Waals surface area contributed by atoms with E-state index in [1.54, 1.807) is 24.3 Å². The van der Waals surface area contributed by atoms with Gasteiger partial charge in [-0.1, -0.05) is 12.1 Å². The van der Waals surface area contributed by atoms with Gasteiger partial charge >= 0.3 is 5.97 Å². The summed E-state index contributed by atoms with van der Waals surface area (Å²) in [6.07, 6.45) is 2.54. The van der Waals surface area contributed by atoms with Crippen molar-refractivity contribution in [2.24, 2.45) is 7.05 Å². The zero-order valence-electron chi connectivity index (χ0n) is 22.9. The number of aromatic nitrogens is 5. The topological polar surface area (TPSA) is 152 Å². The average molecular weight is 570 g/mol. The van der Waals surface area contributed by atoms with Gasteiger partial charge in [-0.2, -0.15) is 14.9 Å². The summed E-state index contributed by atoms with van der Waals surface area (Å²) in [5.41, 5.74) is 0.0361. The summed E-state index contributed by atoms with van der Waals surface area (Å²) in [6, 6.07) is 12.0. The average Bonchev–Trinajstić information content (AvgIpc) is 2.94. The Morgan fingerprint density at radius 2 is 1.86 bits per heavy atom. The molecule has 5 aromatic rings. The highest BCUT2D eigenvalue weighted by molar-refractivity contribution is 5.87. The predicted octanol–water partition coefficient (Wildman–Crippen LogP) is 3.73. The second kappa shape index (κ2) is 10.6. The minimum Gasteiger partial charge on any atom is -0.478 e. The number of nitrogens with zero attached hydrogens (tertiary/aromatic N) is 5. The predicted molar refractivity (Wildman–Crippen MR) is 155 cm³/mol. The number of aromatic carboxylic acids is 1. The highest BCUT2D eigenvalue weighted by Crippen LogP contribution is 2.30. The maximum absolute atomic E-state index is 15.2. The number of hydrogen-bond acceptors (Lipinski definition) is 8. The molecule has 0 aliphatic carbocycles. The minimum atomic E-state index is -1.14. The molecule has 0 saturated heterocycles. The lowest BCUT2D eigenvalue weighted by Crippen LogP contribution is -2.24. The molecule has 11 nitrogen and oxygen atoms in total. The molecule has 3 N–H and O–H groups in total. The van der Waals surface area contributed by atoms with Gasteiger partial charge in [0.1, 0.15) is 22.7 Å². The van der Waals surface area contributed by atoms with Crippen LogP contribution < -0.4 is 16.4 Å². The van der Waals surface area contributed by atoms with E-state index in [0.29, 0.717) is 16.5 Å². The lowest BCUT2D eigenvalue weighted by atomic mass is 9.86. The molecule has 3 heterocycles. The number of carboxylic acid groups (broad SMARTS) is 1. The van der Waals surface area contributed by atoms with Gasteiger partial charge in [-0.25, -0.2) is 18.9 Å². The maximum atomic E-state index is 15.2. The van der Waals surface area contributed by atoms with Gasteiger partial charge in [-0.05, 0) is 50.2 Å². The van der Waals surface area contributed by atoms with Crippen LogP contribution >= 0.6 is 0 Å². The minimum absolute atomic E-state index is 0.0163. The lowest BCUT2D eigenvalue weighted by molar-refractivity contribution is 0.0696. The second-order valence-corrected chi connectivity index (χ2v) is 10.4. The van der Waals surface area contributed by atoms with E-state index < -0.39 is 34.9 Å². The van der Waals surface area contributed by atoms with Crippen LogP contribution in [0.3, 0.4) is 0 Å². The van der Waals surface area contributed by atoms with Crippen LogP contribution in [0.1, 0.15) is 35.3 Å². The molecule has 212 valence electrons. The number of aryl methyl sites for hydroxylation is 1. The van der Waals surface area contributed by atoms with Gasteiger partial charge in [-0.15, -0.1) is 0 Å². The fraction of sp³-hybridized carbons (Fsp3) is 0.167. The quantitative estimate of drug-likeness (QED) is 0.249. The van der Waals surface area contributed by atoms with Crippen LogP contribution in [-0.2, 0) is 19.1 Å². The molecule has 0 bridgehead atoms. The number of halogens is 1. The van der Waals surface area contributed by atoms with Crippen LogP contribution in [0.5, 0.6) is 0 Å². The molecule has 0 radical (unpaired) electrons. The van der Waals surface area contributed by atoms with Crippen LogP contribution in [0.15, 0.2) is 70.5 Å². The fourth-order valence-corrected chi connectivity index (χ4v) is 4.54. The molecule has 42 heavy (non-hydrogen) atoms. The number of pyridine rings is 1. The summed E-state index contributed by atoms with van der Waals surface area (Å²) in [5, 5.41) is 31.2. The Bertz CT molecular complexity index is 1980. The standard InChI is InChI=1S/C30H25FN6O5/c1-30(2,3)18-10-17-14-33-37(28(40)26(17)21(31)11-18)24-7-5-6-19(20(24)15-38)22-12-23(27(39)36(4)35-22)34-25-9-8-16(13-32-25)29(41)42/h5-14,38H,1,15H2,2-4H3,(H-,32,34,35,41,42)/p+1. The summed E-state index contributed by atoms with van der Waals surface area (Å²) >= 11 is 0. The van der Waals surface area contributed by atoms with E-state index in [0.717, 1.165) is 15.6 Å². The summed E-state index contributed by atoms with van der Waals surface area (Å²) in [7, 11) is 1.44. The molecule has 3 aromatic heterocycles. The third-order valence-electron chi connectivity index (χ3n) is 6.77. The van der Waals surface area contributed by atoms with E-state index >= 15 is 4.39 Å². The Labute approximate surface area is 238 Å². The summed E-state index contributed by atoms with van der Waals surface area (Å²) in [4.78, 5) is 41.5. The van der Waals surface area contributed by atoms with E-state index in [1.807, 2.05) is 13.8 Å². The normalized spacial score (nSPS) is 11.5. The van der Waals surface area contributed by atoms with Gasteiger partial charge in [0.15, 0.2) is 0 Å². The first kappa shape index (κ1) is 28.2. The maximum Gasteiger partial charge on any atom is 0.337 e. The number of rotatable bonds is 7. The molecule has 0 fully saturated rings. The first-order valence-electron chi connectivity index (χ1n) is 12.7. The Morgan fingerprint density at radius 1 is 1.10 bits per heavy atom. The molecule has 0 spiro atoms. The van der Waals surface area contributed by atoms with Crippen molar-refractivity contribution in [3.8, 4) is 16.9 Å². The number of hydrogen-bond donors (Lipinski definition) is 3. The highest BCUT2D eigenvalue weighted by atomic mass is 19.1. The zero-order valence-corrected chi connectivity index (χ0v) is 22.9. The Hall–Kier alpha value is -5.36. The molecule has 0 atom stereocenters. The molecule has 5 rings (SSSR count). The van der Waals surface area contributed by atoms with Gasteiger partial charge in [0.05, 0.1) is 42.1 Å². The first-order valence-corrected chi connectivity index (χ1v) is 12.7. The molecule has 12 heteroatoms. The number of fused-ring (bicyclic) bond motifs is 1. The fourth-order valence-electron chi connectivity index (χ4n) is 4.54. The molecule has 2 aromatic carbocycles. The number of benzene rings is 2. The number of carboxylic acids is 1. The summed E-state index contributed by atoms with van der Waals surface area (Å²) in [6.45, 7) is 7.17. The van der Waals surface area contributed by atoms with Gasteiger partial charge < -0.3 is 15.5 Å². The molecular weight excluding hydrogens is 543 g/mol. The Balaban J connectivity index is 1.62. The van der Waals surface area contributed by atoms with E-state index in [9.17, 15) is 19.5 Å². The monoisotopic (exact) mass is 569 g/mol. The molecule has 0 aliphatic heterocycles. The Morgan fingerprint density at radius 3 is 2.50 bits per heavy atom. The number of aliphatic hydroxyl groups excluding tert-OH is 1. The van der Waals surface area contributed by atoms with Crippen molar-refractivity contribution in [2.45, 2.75) is 25.9 Å². The number of nitrogens with one attached hydrogen (secondary N) is 1. The third-order valence-corrected chi connectivity index (χ3v) is 6.77. The second-order valence-electron chi connectivity index (χ2n) is 10.4. The van der Waals surface area contributed by atoms with E-state index in [2.05, 4.69) is 27.4 Å². The van der Waals surface area contributed by atoms with Gasteiger partial charge in [0, 0.05) is 35.3 Å². The molecule has 0 amide bonds. The number of carbonyl (C=O) groups is 1. The van der Waals surface area contributed by atoms with Gasteiger partial charge in [-0.3, -0.25) is 9.59 Å². The summed E-state index contributed by atoms with van der Waals surface area (Å²) < 4.78 is 17.3. The van der Waals surface area contributed by atoms with E-state index in [1.165, 1.54) is 37.5 Å². The number of aliphatic hydroxyl groups is 1. The van der Waals surface area contributed by atoms with Crippen molar-refractivity contribution in [2.75, 3.05) is 5.32 Å². The van der Waals surface area contributed by atoms with Gasteiger partial charge in [0.2, 0.25) is 0 Å². The number of anilines is 2. The first-order chi connectivity index (χ1) is 19.9. The Kier molecular flexibility index (Phi) is 7.08. The third kappa shape index (κ3) is 5.10. The van der Waals surface area contributed by atoms with Crippen LogP contribution in [-0.4, -0.2) is 40.7 Å². The lowest BCUT2D eigenvalue weighted by Gasteiger charge is -2.16. The highest BCUT2D eigenvalue weighted by Gasteiger charge is 2.25. The smallest absolute Gasteiger partial charge is 0.337 e. The SMILES string of the molecule is [CH2+]C(C)(C)c1cc(F)c2c(=O)n(-c3cccc(-c4cc(Nc5ccc(C(=O)O)cn5)c(=O)n(C)n4)c3CO)ncc2c1. The van der Waals surface area contributed by atoms with Crippen molar-refractivity contribution in [3.05, 3.63) is 111 Å².